The maximum atomic E-state index is 13.6. The third-order valence-corrected chi connectivity index (χ3v) is 7.33. The van der Waals surface area contributed by atoms with Gasteiger partial charge in [0.05, 0.1) is 16.4 Å². The molecule has 10 heteroatoms. The average Bonchev–Trinajstić information content (AvgIpc) is 2.54. The van der Waals surface area contributed by atoms with Crippen molar-refractivity contribution in [2.75, 3.05) is 9.62 Å². The van der Waals surface area contributed by atoms with E-state index in [9.17, 15) is 22.7 Å². The van der Waals surface area contributed by atoms with Gasteiger partial charge in [0, 0.05) is 5.02 Å². The van der Waals surface area contributed by atoms with Gasteiger partial charge in [0.15, 0.2) is 5.75 Å². The number of sulfonamides is 1. The maximum Gasteiger partial charge on any atom is 0.269 e. The molecule has 0 aromatic heterocycles. The van der Waals surface area contributed by atoms with Crippen LogP contribution in [0.3, 0.4) is 0 Å². The van der Waals surface area contributed by atoms with Crippen molar-refractivity contribution >= 4 is 50.5 Å². The average molecular weight is 431 g/mol. The Labute approximate surface area is 164 Å². The lowest BCUT2D eigenvalue weighted by molar-refractivity contribution is -0.123. The van der Waals surface area contributed by atoms with Crippen LogP contribution < -0.4 is 9.62 Å². The first-order valence-electron chi connectivity index (χ1n) is 8.01. The van der Waals surface area contributed by atoms with Gasteiger partial charge in [-0.25, -0.2) is 17.1 Å². The summed E-state index contributed by atoms with van der Waals surface area (Å²) in [7, 11) is -4.43. The molecule has 6 nitrogen and oxygen atoms in total. The van der Waals surface area contributed by atoms with Crippen molar-refractivity contribution in [2.45, 2.75) is 29.7 Å². The summed E-state index contributed by atoms with van der Waals surface area (Å²) in [6.45, 7) is 0. The summed E-state index contributed by atoms with van der Waals surface area (Å²) in [4.78, 5) is 12.2. The van der Waals surface area contributed by atoms with Crippen molar-refractivity contribution in [1.82, 2.24) is 0 Å². The van der Waals surface area contributed by atoms with Gasteiger partial charge in [-0.3, -0.25) is 4.79 Å². The molecule has 0 atom stereocenters. The van der Waals surface area contributed by atoms with Crippen LogP contribution in [0, 0.1) is 5.82 Å². The lowest BCUT2D eigenvalue weighted by Crippen LogP contribution is -2.65. The van der Waals surface area contributed by atoms with Crippen LogP contribution >= 0.6 is 23.2 Å². The zero-order chi connectivity index (χ0) is 19.6. The summed E-state index contributed by atoms with van der Waals surface area (Å²) in [6.07, 6.45) is 1.24. The highest BCUT2D eigenvalue weighted by atomic mass is 35.5. The fourth-order valence-electron chi connectivity index (χ4n) is 3.49. The number of aromatic hydroxyl groups is 1. The van der Waals surface area contributed by atoms with Gasteiger partial charge in [0.25, 0.3) is 15.9 Å². The zero-order valence-corrected chi connectivity index (χ0v) is 16.0. The van der Waals surface area contributed by atoms with Gasteiger partial charge >= 0.3 is 0 Å². The van der Waals surface area contributed by atoms with Crippen LogP contribution in [-0.2, 0) is 14.8 Å². The minimum absolute atomic E-state index is 0.0137. The molecule has 2 N–H and O–H groups in total. The first kappa shape index (κ1) is 18.3. The van der Waals surface area contributed by atoms with Gasteiger partial charge in [-0.15, -0.1) is 0 Å². The number of phenols is 1. The number of hydrogen-bond acceptors (Lipinski definition) is 4. The van der Waals surface area contributed by atoms with Crippen molar-refractivity contribution in [3.63, 3.8) is 0 Å². The second kappa shape index (κ2) is 5.98. The molecular weight excluding hydrogens is 418 g/mol. The Morgan fingerprint density at radius 1 is 1.19 bits per heavy atom. The number of nitrogens with one attached hydrogen (secondary N) is 1. The summed E-state index contributed by atoms with van der Waals surface area (Å²) in [5, 5.41) is 12.6. The standard InChI is InChI=1S/C17H13Cl2FN2O4S/c18-9-6-11(19)15(23)14(7-9)27(25,26)22-13-3-2-10(20)8-12(13)21-16(24)17(22)4-1-5-17/h2-3,6-8,23H,1,4-5H2,(H,21,24). The lowest BCUT2D eigenvalue weighted by Gasteiger charge is -2.51. The van der Waals surface area contributed by atoms with E-state index in [-0.39, 0.29) is 21.4 Å². The molecule has 0 saturated heterocycles. The van der Waals surface area contributed by atoms with E-state index >= 15 is 0 Å². The van der Waals surface area contributed by atoms with Gasteiger partial charge in [-0.05, 0) is 49.6 Å². The van der Waals surface area contributed by atoms with Crippen molar-refractivity contribution in [2.24, 2.45) is 0 Å². The third kappa shape index (κ3) is 2.58. The molecule has 2 aromatic rings. The number of rotatable bonds is 2. The molecule has 1 amide bonds. The second-order valence-electron chi connectivity index (χ2n) is 6.50. The SMILES string of the molecule is O=C1Nc2cc(F)ccc2N(S(=O)(=O)c2cc(Cl)cc(Cl)c2O)C12CCC2. The molecule has 0 unspecified atom stereocenters. The molecular formula is C17H13Cl2FN2O4S. The predicted molar refractivity (Wildman–Crippen MR) is 99.4 cm³/mol. The minimum Gasteiger partial charge on any atom is -0.505 e. The van der Waals surface area contributed by atoms with Gasteiger partial charge in [-0.1, -0.05) is 23.2 Å². The summed E-state index contributed by atoms with van der Waals surface area (Å²) >= 11 is 11.8. The van der Waals surface area contributed by atoms with E-state index < -0.39 is 37.9 Å². The van der Waals surface area contributed by atoms with E-state index in [1.807, 2.05) is 0 Å². The van der Waals surface area contributed by atoms with E-state index in [0.29, 0.717) is 19.3 Å². The fraction of sp³-hybridized carbons (Fsp3) is 0.235. The monoisotopic (exact) mass is 430 g/mol. The lowest BCUT2D eigenvalue weighted by atomic mass is 9.74. The van der Waals surface area contributed by atoms with E-state index in [2.05, 4.69) is 5.32 Å². The van der Waals surface area contributed by atoms with Gasteiger partial charge in [0.1, 0.15) is 16.3 Å². The van der Waals surface area contributed by atoms with Gasteiger partial charge < -0.3 is 10.4 Å². The molecule has 0 bridgehead atoms. The molecule has 1 aliphatic carbocycles. The highest BCUT2D eigenvalue weighted by Gasteiger charge is 2.57. The van der Waals surface area contributed by atoms with Crippen molar-refractivity contribution in [3.05, 3.63) is 46.2 Å². The molecule has 1 fully saturated rings. The Hall–Kier alpha value is -2.03. The quantitative estimate of drug-likeness (QED) is 0.755. The molecule has 4 rings (SSSR count). The van der Waals surface area contributed by atoms with Crippen LogP contribution in [0.2, 0.25) is 10.0 Å². The summed E-state index contributed by atoms with van der Waals surface area (Å²) in [5.41, 5.74) is -1.19. The van der Waals surface area contributed by atoms with E-state index in [0.717, 1.165) is 22.5 Å². The van der Waals surface area contributed by atoms with Crippen molar-refractivity contribution in [3.8, 4) is 5.75 Å². The Bertz CT molecular complexity index is 1090. The highest BCUT2D eigenvalue weighted by Crippen LogP contribution is 2.51. The predicted octanol–water partition coefficient (Wildman–Crippen LogP) is 3.91. The number of fused-ring (bicyclic) bond motifs is 1. The summed E-state index contributed by atoms with van der Waals surface area (Å²) < 4.78 is 41.6. The van der Waals surface area contributed by atoms with Crippen molar-refractivity contribution in [1.29, 1.82) is 0 Å². The van der Waals surface area contributed by atoms with Gasteiger partial charge in [-0.2, -0.15) is 0 Å². The van der Waals surface area contributed by atoms with Crippen LogP contribution in [0.1, 0.15) is 19.3 Å². The molecule has 142 valence electrons. The molecule has 27 heavy (non-hydrogen) atoms. The first-order chi connectivity index (χ1) is 12.7. The topological polar surface area (TPSA) is 86.7 Å². The van der Waals surface area contributed by atoms with Crippen LogP contribution in [0.15, 0.2) is 35.2 Å². The van der Waals surface area contributed by atoms with Crippen LogP contribution in [0.25, 0.3) is 0 Å². The number of nitrogens with zero attached hydrogens (tertiary/aromatic N) is 1. The Morgan fingerprint density at radius 3 is 2.52 bits per heavy atom. The Kier molecular flexibility index (Phi) is 4.06. The molecule has 2 aromatic carbocycles. The normalized spacial score (nSPS) is 18.0. The van der Waals surface area contributed by atoms with E-state index in [1.54, 1.807) is 0 Å². The number of carbonyl (C=O) groups excluding carboxylic acids is 1. The maximum absolute atomic E-state index is 13.6. The largest absolute Gasteiger partial charge is 0.505 e. The number of amides is 1. The minimum atomic E-state index is -4.43. The van der Waals surface area contributed by atoms with Crippen LogP contribution in [-0.4, -0.2) is 25.0 Å². The molecule has 1 aliphatic heterocycles. The number of halogens is 3. The first-order valence-corrected chi connectivity index (χ1v) is 10.2. The highest BCUT2D eigenvalue weighted by molar-refractivity contribution is 7.93. The molecule has 1 heterocycles. The zero-order valence-electron chi connectivity index (χ0n) is 13.7. The Balaban J connectivity index is 1.99. The molecule has 1 saturated carbocycles. The number of anilines is 2. The van der Waals surface area contributed by atoms with Crippen molar-refractivity contribution < 1.29 is 22.7 Å². The Morgan fingerprint density at radius 2 is 1.89 bits per heavy atom. The summed E-state index contributed by atoms with van der Waals surface area (Å²) in [6, 6.07) is 5.72. The third-order valence-electron chi connectivity index (χ3n) is 4.93. The second-order valence-corrected chi connectivity index (χ2v) is 9.10. The van der Waals surface area contributed by atoms with Crippen LogP contribution in [0.4, 0.5) is 15.8 Å². The summed E-state index contributed by atoms with van der Waals surface area (Å²) in [5.74, 6) is -1.82. The number of benzene rings is 2. The smallest absolute Gasteiger partial charge is 0.269 e. The van der Waals surface area contributed by atoms with E-state index in [1.165, 1.54) is 12.1 Å². The van der Waals surface area contributed by atoms with Crippen LogP contribution in [0.5, 0.6) is 5.75 Å². The number of phenolic OH excluding ortho intramolecular Hbond substituents is 1. The van der Waals surface area contributed by atoms with Gasteiger partial charge in [0.2, 0.25) is 0 Å². The molecule has 0 radical (unpaired) electrons. The number of hydrogen-bond donors (Lipinski definition) is 2. The number of carbonyl (C=O) groups is 1. The fourth-order valence-corrected chi connectivity index (χ4v) is 6.07. The van der Waals surface area contributed by atoms with E-state index in [4.69, 9.17) is 23.2 Å². The molecule has 1 spiro atoms. The molecule has 2 aliphatic rings.